The summed E-state index contributed by atoms with van der Waals surface area (Å²) in [6, 6.07) is 8.07. The molecule has 0 aliphatic heterocycles. The van der Waals surface area contributed by atoms with Gasteiger partial charge in [0.1, 0.15) is 0 Å². The minimum absolute atomic E-state index is 0. The number of hydrogen-bond donors (Lipinski definition) is 1. The van der Waals surface area contributed by atoms with Gasteiger partial charge in [-0.05, 0) is 37.5 Å². The molecule has 5 heteroatoms. The van der Waals surface area contributed by atoms with Gasteiger partial charge in [-0.2, -0.15) is 0 Å². The highest BCUT2D eigenvalue weighted by Crippen LogP contribution is 2.33. The quantitative estimate of drug-likeness (QED) is 0.875. The van der Waals surface area contributed by atoms with Crippen LogP contribution in [0.5, 0.6) is 0 Å². The fourth-order valence-corrected chi connectivity index (χ4v) is 3.46. The second-order valence-corrected chi connectivity index (χ2v) is 7.04. The number of hydrogen-bond acceptors (Lipinski definition) is 2. The fourth-order valence-electron chi connectivity index (χ4n) is 3.02. The van der Waals surface area contributed by atoms with Crippen molar-refractivity contribution in [3.63, 3.8) is 0 Å². The van der Waals surface area contributed by atoms with Gasteiger partial charge in [0.2, 0.25) is 5.91 Å². The third-order valence-electron chi connectivity index (χ3n) is 4.24. The van der Waals surface area contributed by atoms with Gasteiger partial charge in [-0.25, -0.2) is 0 Å². The van der Waals surface area contributed by atoms with E-state index in [0.29, 0.717) is 6.54 Å². The SMILES string of the molecule is CN(Cc1cccc(Br)c1)C(=O)C1CCCCC1(C)N.Cl. The number of nitrogens with zero attached hydrogens (tertiary/aromatic N) is 1. The average Bonchev–Trinajstić information content (AvgIpc) is 2.37. The van der Waals surface area contributed by atoms with E-state index in [1.165, 1.54) is 0 Å². The zero-order chi connectivity index (χ0) is 14.8. The van der Waals surface area contributed by atoms with Gasteiger partial charge in [-0.1, -0.05) is 40.9 Å². The number of benzene rings is 1. The van der Waals surface area contributed by atoms with E-state index in [1.807, 2.05) is 43.1 Å². The minimum Gasteiger partial charge on any atom is -0.341 e. The van der Waals surface area contributed by atoms with Gasteiger partial charge < -0.3 is 10.6 Å². The van der Waals surface area contributed by atoms with Crippen LogP contribution in [-0.2, 0) is 11.3 Å². The Morgan fingerprint density at radius 2 is 2.19 bits per heavy atom. The molecule has 1 saturated carbocycles. The van der Waals surface area contributed by atoms with Gasteiger partial charge in [0.15, 0.2) is 0 Å². The van der Waals surface area contributed by atoms with Crippen molar-refractivity contribution in [2.45, 2.75) is 44.7 Å². The molecular formula is C16H24BrClN2O. The predicted molar refractivity (Wildman–Crippen MR) is 92.4 cm³/mol. The van der Waals surface area contributed by atoms with E-state index in [0.717, 1.165) is 35.7 Å². The van der Waals surface area contributed by atoms with E-state index in [9.17, 15) is 4.79 Å². The molecule has 1 amide bonds. The van der Waals surface area contributed by atoms with Crippen LogP contribution in [0.25, 0.3) is 0 Å². The van der Waals surface area contributed by atoms with Gasteiger partial charge in [-0.3, -0.25) is 4.79 Å². The van der Waals surface area contributed by atoms with Crippen LogP contribution in [-0.4, -0.2) is 23.4 Å². The third-order valence-corrected chi connectivity index (χ3v) is 4.73. The number of amides is 1. The molecule has 2 unspecified atom stereocenters. The molecular weight excluding hydrogens is 352 g/mol. The number of carbonyl (C=O) groups excluding carboxylic acids is 1. The first-order valence-electron chi connectivity index (χ1n) is 7.18. The molecule has 118 valence electrons. The summed E-state index contributed by atoms with van der Waals surface area (Å²) >= 11 is 3.46. The first-order chi connectivity index (χ1) is 9.40. The maximum Gasteiger partial charge on any atom is 0.227 e. The maximum atomic E-state index is 12.6. The smallest absolute Gasteiger partial charge is 0.227 e. The topological polar surface area (TPSA) is 46.3 Å². The lowest BCUT2D eigenvalue weighted by atomic mass is 9.74. The van der Waals surface area contributed by atoms with E-state index < -0.39 is 0 Å². The highest BCUT2D eigenvalue weighted by Gasteiger charge is 2.38. The first-order valence-corrected chi connectivity index (χ1v) is 7.98. The zero-order valence-corrected chi connectivity index (χ0v) is 15.0. The van der Waals surface area contributed by atoms with Crippen LogP contribution < -0.4 is 5.73 Å². The summed E-state index contributed by atoms with van der Waals surface area (Å²) in [6.07, 6.45) is 4.09. The Kier molecular flexibility index (Phi) is 6.70. The van der Waals surface area contributed by atoms with E-state index in [2.05, 4.69) is 15.9 Å². The van der Waals surface area contributed by atoms with E-state index in [4.69, 9.17) is 5.73 Å². The van der Waals surface area contributed by atoms with Crippen LogP contribution in [0.4, 0.5) is 0 Å². The lowest BCUT2D eigenvalue weighted by Crippen LogP contribution is -2.53. The molecule has 2 atom stereocenters. The van der Waals surface area contributed by atoms with Crippen LogP contribution >= 0.6 is 28.3 Å². The van der Waals surface area contributed by atoms with Gasteiger partial charge in [-0.15, -0.1) is 12.4 Å². The standard InChI is InChI=1S/C16H23BrN2O.ClH/c1-16(18)9-4-3-8-14(16)15(20)19(2)11-12-6-5-7-13(17)10-12;/h5-7,10,14H,3-4,8-9,11,18H2,1-2H3;1H. The summed E-state index contributed by atoms with van der Waals surface area (Å²) < 4.78 is 1.04. The Labute approximate surface area is 141 Å². The molecule has 0 radical (unpaired) electrons. The fraction of sp³-hybridized carbons (Fsp3) is 0.562. The largest absolute Gasteiger partial charge is 0.341 e. The summed E-state index contributed by atoms with van der Waals surface area (Å²) in [6.45, 7) is 2.65. The second-order valence-electron chi connectivity index (χ2n) is 6.13. The van der Waals surface area contributed by atoms with Gasteiger partial charge in [0.05, 0.1) is 5.92 Å². The molecule has 1 aliphatic rings. The molecule has 2 rings (SSSR count). The molecule has 1 aromatic rings. The highest BCUT2D eigenvalue weighted by atomic mass is 79.9. The number of carbonyl (C=O) groups is 1. The highest BCUT2D eigenvalue weighted by molar-refractivity contribution is 9.10. The van der Waals surface area contributed by atoms with Crippen molar-refractivity contribution in [1.82, 2.24) is 4.90 Å². The Balaban J connectivity index is 0.00000220. The summed E-state index contributed by atoms with van der Waals surface area (Å²) in [5.74, 6) is 0.128. The van der Waals surface area contributed by atoms with Crippen molar-refractivity contribution in [2.75, 3.05) is 7.05 Å². The van der Waals surface area contributed by atoms with Gasteiger partial charge >= 0.3 is 0 Å². The Bertz CT molecular complexity index is 493. The summed E-state index contributed by atoms with van der Waals surface area (Å²) in [5.41, 5.74) is 7.09. The van der Waals surface area contributed by atoms with Crippen LogP contribution in [0.15, 0.2) is 28.7 Å². The van der Waals surface area contributed by atoms with Crippen LogP contribution in [0.1, 0.15) is 38.2 Å². The summed E-state index contributed by atoms with van der Waals surface area (Å²) in [7, 11) is 1.87. The van der Waals surface area contributed by atoms with E-state index in [-0.39, 0.29) is 29.8 Å². The van der Waals surface area contributed by atoms with Crippen molar-refractivity contribution in [1.29, 1.82) is 0 Å². The Hall–Kier alpha value is -0.580. The van der Waals surface area contributed by atoms with Gasteiger partial charge in [0.25, 0.3) is 0 Å². The normalized spacial score (nSPS) is 25.0. The maximum absolute atomic E-state index is 12.6. The lowest BCUT2D eigenvalue weighted by Gasteiger charge is -2.39. The van der Waals surface area contributed by atoms with Gasteiger partial charge in [0, 0.05) is 23.6 Å². The van der Waals surface area contributed by atoms with E-state index >= 15 is 0 Å². The van der Waals surface area contributed by atoms with Crippen molar-refractivity contribution in [3.05, 3.63) is 34.3 Å². The Morgan fingerprint density at radius 1 is 1.48 bits per heavy atom. The molecule has 3 nitrogen and oxygen atoms in total. The zero-order valence-electron chi connectivity index (χ0n) is 12.6. The molecule has 21 heavy (non-hydrogen) atoms. The number of rotatable bonds is 3. The summed E-state index contributed by atoms with van der Waals surface area (Å²) in [4.78, 5) is 14.4. The monoisotopic (exact) mass is 374 g/mol. The third kappa shape index (κ3) is 4.70. The lowest BCUT2D eigenvalue weighted by molar-refractivity contribution is -0.138. The van der Waals surface area contributed by atoms with Crippen molar-refractivity contribution in [3.8, 4) is 0 Å². The number of nitrogens with two attached hydrogens (primary N) is 1. The second kappa shape index (κ2) is 7.61. The predicted octanol–water partition coefficient (Wildman–Crippen LogP) is 3.74. The molecule has 0 heterocycles. The van der Waals surface area contributed by atoms with E-state index in [1.54, 1.807) is 0 Å². The van der Waals surface area contributed by atoms with Crippen LogP contribution in [0, 0.1) is 5.92 Å². The molecule has 0 bridgehead atoms. The molecule has 1 aliphatic carbocycles. The van der Waals surface area contributed by atoms with Crippen LogP contribution in [0.2, 0.25) is 0 Å². The molecule has 0 spiro atoms. The molecule has 1 fully saturated rings. The number of halogens is 2. The van der Waals surface area contributed by atoms with Crippen molar-refractivity contribution < 1.29 is 4.79 Å². The van der Waals surface area contributed by atoms with Crippen molar-refractivity contribution in [2.24, 2.45) is 11.7 Å². The average molecular weight is 376 g/mol. The Morgan fingerprint density at radius 3 is 2.81 bits per heavy atom. The molecule has 0 aromatic heterocycles. The molecule has 1 aromatic carbocycles. The van der Waals surface area contributed by atoms with Crippen molar-refractivity contribution >= 4 is 34.2 Å². The molecule has 0 saturated heterocycles. The van der Waals surface area contributed by atoms with Crippen LogP contribution in [0.3, 0.4) is 0 Å². The molecule has 2 N–H and O–H groups in total. The summed E-state index contributed by atoms with van der Waals surface area (Å²) in [5, 5.41) is 0. The minimum atomic E-state index is -0.360. The first kappa shape index (κ1) is 18.5.